The zero-order chi connectivity index (χ0) is 11.8. The highest BCUT2D eigenvalue weighted by Crippen LogP contribution is 2.09. The molecule has 0 heterocycles. The van der Waals surface area contributed by atoms with E-state index in [1.165, 1.54) is 6.07 Å². The van der Waals surface area contributed by atoms with Gasteiger partial charge in [-0.3, -0.25) is 0 Å². The molecule has 1 aromatic rings. The minimum atomic E-state index is -0.0716. The highest BCUT2D eigenvalue weighted by atomic mass is 19.1. The van der Waals surface area contributed by atoms with Crippen molar-refractivity contribution >= 4 is 0 Å². The summed E-state index contributed by atoms with van der Waals surface area (Å²) in [6.45, 7) is 6.50. The van der Waals surface area contributed by atoms with Crippen LogP contribution in [-0.4, -0.2) is 13.1 Å². The van der Waals surface area contributed by atoms with Crippen LogP contribution in [0.4, 0.5) is 4.39 Å². The number of unbranched alkanes of at least 4 members (excludes halogenated alkanes) is 1. The molecule has 1 aromatic carbocycles. The van der Waals surface area contributed by atoms with E-state index in [9.17, 15) is 4.39 Å². The normalized spacial score (nSPS) is 11.0. The van der Waals surface area contributed by atoms with Crippen molar-refractivity contribution in [3.63, 3.8) is 0 Å². The number of nitrogens with one attached hydrogen (secondary N) is 1. The summed E-state index contributed by atoms with van der Waals surface area (Å²) in [5.41, 5.74) is 0.839. The van der Waals surface area contributed by atoms with E-state index in [2.05, 4.69) is 19.2 Å². The van der Waals surface area contributed by atoms with Crippen LogP contribution in [0, 0.1) is 11.7 Å². The van der Waals surface area contributed by atoms with Gasteiger partial charge in [0.05, 0.1) is 0 Å². The van der Waals surface area contributed by atoms with Gasteiger partial charge < -0.3 is 5.32 Å². The number of benzene rings is 1. The van der Waals surface area contributed by atoms with Gasteiger partial charge in [-0.05, 0) is 49.9 Å². The summed E-state index contributed by atoms with van der Waals surface area (Å²) in [5.74, 6) is 0.629. The number of hydrogen-bond donors (Lipinski definition) is 1. The third kappa shape index (κ3) is 5.26. The fraction of sp³-hybridized carbons (Fsp3) is 0.571. The highest BCUT2D eigenvalue weighted by molar-refractivity contribution is 5.17. The second-order valence-electron chi connectivity index (χ2n) is 4.65. The lowest BCUT2D eigenvalue weighted by Gasteiger charge is -2.07. The number of aryl methyl sites for hydroxylation is 1. The van der Waals surface area contributed by atoms with E-state index in [-0.39, 0.29) is 5.82 Å². The van der Waals surface area contributed by atoms with E-state index in [1.807, 2.05) is 12.1 Å². The van der Waals surface area contributed by atoms with E-state index < -0.39 is 0 Å². The van der Waals surface area contributed by atoms with Crippen molar-refractivity contribution in [3.8, 4) is 0 Å². The standard InChI is InChI=1S/C14H22FN/c1-12(2)11-16-10-6-5-8-13-7-3-4-9-14(13)15/h3-4,7,9,12,16H,5-6,8,10-11H2,1-2H3. The second-order valence-corrected chi connectivity index (χ2v) is 4.65. The minimum absolute atomic E-state index is 0.0716. The summed E-state index contributed by atoms with van der Waals surface area (Å²) >= 11 is 0. The van der Waals surface area contributed by atoms with Crippen molar-refractivity contribution in [3.05, 3.63) is 35.6 Å². The predicted molar refractivity (Wildman–Crippen MR) is 67.0 cm³/mol. The third-order valence-electron chi connectivity index (χ3n) is 2.56. The molecule has 0 radical (unpaired) electrons. The number of rotatable bonds is 7. The molecule has 0 atom stereocenters. The molecule has 0 spiro atoms. The first-order valence-electron chi connectivity index (χ1n) is 6.14. The maximum absolute atomic E-state index is 13.3. The van der Waals surface area contributed by atoms with Crippen LogP contribution in [0.15, 0.2) is 24.3 Å². The Kier molecular flexibility index (Phi) is 6.09. The van der Waals surface area contributed by atoms with Gasteiger partial charge >= 0.3 is 0 Å². The molecule has 0 unspecified atom stereocenters. The van der Waals surface area contributed by atoms with Crippen molar-refractivity contribution in [2.45, 2.75) is 33.1 Å². The maximum atomic E-state index is 13.3. The summed E-state index contributed by atoms with van der Waals surface area (Å²) in [5, 5.41) is 3.39. The summed E-state index contributed by atoms with van der Waals surface area (Å²) in [6, 6.07) is 7.04. The van der Waals surface area contributed by atoms with Crippen LogP contribution in [0.25, 0.3) is 0 Å². The minimum Gasteiger partial charge on any atom is -0.316 e. The van der Waals surface area contributed by atoms with Gasteiger partial charge in [0.15, 0.2) is 0 Å². The zero-order valence-electron chi connectivity index (χ0n) is 10.3. The Morgan fingerprint density at radius 1 is 1.19 bits per heavy atom. The topological polar surface area (TPSA) is 12.0 Å². The first-order chi connectivity index (χ1) is 7.70. The Balaban J connectivity index is 2.10. The lowest BCUT2D eigenvalue weighted by Crippen LogP contribution is -2.20. The Morgan fingerprint density at radius 3 is 2.62 bits per heavy atom. The van der Waals surface area contributed by atoms with Crippen LogP contribution < -0.4 is 5.32 Å². The maximum Gasteiger partial charge on any atom is 0.126 e. The molecule has 90 valence electrons. The van der Waals surface area contributed by atoms with Crippen molar-refractivity contribution in [2.75, 3.05) is 13.1 Å². The average Bonchev–Trinajstić information content (AvgIpc) is 2.25. The molecule has 1 rings (SSSR count). The number of halogens is 1. The van der Waals surface area contributed by atoms with Gasteiger partial charge in [0.2, 0.25) is 0 Å². The molecule has 1 nitrogen and oxygen atoms in total. The van der Waals surface area contributed by atoms with Crippen LogP contribution in [0.3, 0.4) is 0 Å². The first-order valence-corrected chi connectivity index (χ1v) is 6.14. The van der Waals surface area contributed by atoms with Gasteiger partial charge in [-0.2, -0.15) is 0 Å². The molecule has 16 heavy (non-hydrogen) atoms. The molecule has 0 aliphatic carbocycles. The molecule has 0 aromatic heterocycles. The van der Waals surface area contributed by atoms with Gasteiger partial charge in [0.25, 0.3) is 0 Å². The lowest BCUT2D eigenvalue weighted by atomic mass is 10.1. The summed E-state index contributed by atoms with van der Waals surface area (Å²) in [7, 11) is 0. The lowest BCUT2D eigenvalue weighted by molar-refractivity contribution is 0.532. The predicted octanol–water partition coefficient (Wildman–Crippen LogP) is 3.39. The van der Waals surface area contributed by atoms with Crippen molar-refractivity contribution in [1.82, 2.24) is 5.32 Å². The quantitative estimate of drug-likeness (QED) is 0.699. The first kappa shape index (κ1) is 13.2. The van der Waals surface area contributed by atoms with E-state index in [0.29, 0.717) is 5.92 Å². The SMILES string of the molecule is CC(C)CNCCCCc1ccccc1F. The summed E-state index contributed by atoms with van der Waals surface area (Å²) in [4.78, 5) is 0. The number of hydrogen-bond acceptors (Lipinski definition) is 1. The molecular weight excluding hydrogens is 201 g/mol. The van der Waals surface area contributed by atoms with Gasteiger partial charge in [-0.15, -0.1) is 0 Å². The Bertz CT molecular complexity index is 297. The molecule has 0 saturated heterocycles. The van der Waals surface area contributed by atoms with E-state index >= 15 is 0 Å². The Morgan fingerprint density at radius 2 is 1.94 bits per heavy atom. The third-order valence-corrected chi connectivity index (χ3v) is 2.56. The molecular formula is C14H22FN. The Hall–Kier alpha value is -0.890. The van der Waals surface area contributed by atoms with Crippen molar-refractivity contribution in [1.29, 1.82) is 0 Å². The molecule has 0 amide bonds. The van der Waals surface area contributed by atoms with Crippen LogP contribution in [0.5, 0.6) is 0 Å². The molecule has 0 bridgehead atoms. The van der Waals surface area contributed by atoms with Crippen molar-refractivity contribution in [2.24, 2.45) is 5.92 Å². The zero-order valence-corrected chi connectivity index (χ0v) is 10.3. The van der Waals surface area contributed by atoms with Crippen LogP contribution in [0.2, 0.25) is 0 Å². The summed E-state index contributed by atoms with van der Waals surface area (Å²) in [6.07, 6.45) is 3.00. The van der Waals surface area contributed by atoms with Gasteiger partial charge in [0, 0.05) is 0 Å². The smallest absolute Gasteiger partial charge is 0.126 e. The molecule has 0 aliphatic heterocycles. The van der Waals surface area contributed by atoms with E-state index in [4.69, 9.17) is 0 Å². The highest BCUT2D eigenvalue weighted by Gasteiger charge is 1.99. The van der Waals surface area contributed by atoms with Crippen LogP contribution in [0.1, 0.15) is 32.3 Å². The van der Waals surface area contributed by atoms with Gasteiger partial charge in [-0.1, -0.05) is 32.0 Å². The summed E-state index contributed by atoms with van der Waals surface area (Å²) < 4.78 is 13.3. The van der Waals surface area contributed by atoms with E-state index in [0.717, 1.165) is 37.9 Å². The monoisotopic (exact) mass is 223 g/mol. The average molecular weight is 223 g/mol. The molecule has 2 heteroatoms. The largest absolute Gasteiger partial charge is 0.316 e. The Labute approximate surface area is 98.1 Å². The van der Waals surface area contributed by atoms with E-state index in [1.54, 1.807) is 6.07 Å². The second kappa shape index (κ2) is 7.39. The molecule has 1 N–H and O–H groups in total. The fourth-order valence-corrected chi connectivity index (χ4v) is 1.66. The van der Waals surface area contributed by atoms with Crippen LogP contribution >= 0.6 is 0 Å². The van der Waals surface area contributed by atoms with Gasteiger partial charge in [-0.25, -0.2) is 4.39 Å². The van der Waals surface area contributed by atoms with Gasteiger partial charge in [0.1, 0.15) is 5.82 Å². The fourth-order valence-electron chi connectivity index (χ4n) is 1.66. The molecule has 0 saturated carbocycles. The molecule has 0 aliphatic rings. The van der Waals surface area contributed by atoms with Crippen LogP contribution in [-0.2, 0) is 6.42 Å². The molecule has 0 fully saturated rings. The van der Waals surface area contributed by atoms with Crippen molar-refractivity contribution < 1.29 is 4.39 Å².